The Balaban J connectivity index is 1.79. The van der Waals surface area contributed by atoms with E-state index in [1.54, 1.807) is 10.8 Å². The number of fused-ring (bicyclic) bond motifs is 1. The van der Waals surface area contributed by atoms with Crippen LogP contribution in [0.25, 0.3) is 28.1 Å². The molecule has 0 bridgehead atoms. The quantitative estimate of drug-likeness (QED) is 0.496. The smallest absolute Gasteiger partial charge is 0.146 e. The molecule has 0 radical (unpaired) electrons. The van der Waals surface area contributed by atoms with Crippen LogP contribution in [0.4, 0.5) is 5.82 Å². The Morgan fingerprint density at radius 2 is 1.73 bits per heavy atom. The fourth-order valence-corrected chi connectivity index (χ4v) is 3.16. The van der Waals surface area contributed by atoms with Crippen LogP contribution in [0.15, 0.2) is 54.7 Å². The molecular formula is C21H22N4O. The number of nitrogen functional groups attached to an aromatic ring is 1. The van der Waals surface area contributed by atoms with E-state index in [1.165, 1.54) is 5.56 Å². The van der Waals surface area contributed by atoms with Gasteiger partial charge in [0.05, 0.1) is 17.2 Å². The van der Waals surface area contributed by atoms with Gasteiger partial charge in [0.15, 0.2) is 0 Å². The van der Waals surface area contributed by atoms with Crippen molar-refractivity contribution < 1.29 is 5.11 Å². The number of nitrogens with zero attached hydrogens (tertiary/aromatic N) is 2. The van der Waals surface area contributed by atoms with Gasteiger partial charge in [-0.3, -0.25) is 4.57 Å². The molecule has 26 heavy (non-hydrogen) atoms. The fourth-order valence-electron chi connectivity index (χ4n) is 3.16. The molecule has 0 aliphatic carbocycles. The van der Waals surface area contributed by atoms with E-state index in [-0.39, 0.29) is 11.2 Å². The Morgan fingerprint density at radius 1 is 1.04 bits per heavy atom. The molecule has 0 unspecified atom stereocenters. The number of anilines is 1. The van der Waals surface area contributed by atoms with Gasteiger partial charge in [0, 0.05) is 5.69 Å². The third kappa shape index (κ3) is 2.62. The van der Waals surface area contributed by atoms with Crippen LogP contribution in [0.3, 0.4) is 0 Å². The van der Waals surface area contributed by atoms with Crippen LogP contribution in [0.1, 0.15) is 26.3 Å². The SMILES string of the molecule is CC(C)(C)c1ccc(-n2cc(O)c(-c3nc4ccccc4[nH]3)c2N)cc1. The van der Waals surface area contributed by atoms with Crippen LogP contribution in [-0.4, -0.2) is 19.6 Å². The maximum Gasteiger partial charge on any atom is 0.146 e. The molecule has 0 aliphatic heterocycles. The second-order valence-corrected chi connectivity index (χ2v) is 7.54. The average molecular weight is 346 g/mol. The van der Waals surface area contributed by atoms with Crippen molar-refractivity contribution >= 4 is 16.9 Å². The molecule has 2 aromatic carbocycles. The van der Waals surface area contributed by atoms with Gasteiger partial charge in [0.2, 0.25) is 0 Å². The normalized spacial score (nSPS) is 12.0. The lowest BCUT2D eigenvalue weighted by atomic mass is 9.87. The van der Waals surface area contributed by atoms with Crippen molar-refractivity contribution in [1.82, 2.24) is 14.5 Å². The summed E-state index contributed by atoms with van der Waals surface area (Å²) in [5.41, 5.74) is 10.8. The molecule has 2 heterocycles. The molecule has 5 nitrogen and oxygen atoms in total. The van der Waals surface area contributed by atoms with Gasteiger partial charge in [0.25, 0.3) is 0 Å². The number of hydrogen-bond donors (Lipinski definition) is 3. The zero-order chi connectivity index (χ0) is 18.5. The maximum absolute atomic E-state index is 10.5. The number of hydrogen-bond acceptors (Lipinski definition) is 3. The molecule has 132 valence electrons. The number of aromatic amines is 1. The summed E-state index contributed by atoms with van der Waals surface area (Å²) >= 11 is 0. The highest BCUT2D eigenvalue weighted by atomic mass is 16.3. The molecule has 2 aromatic heterocycles. The standard InChI is InChI=1S/C21H22N4O/c1-21(2,3)13-8-10-14(11-9-13)25-12-17(26)18(19(25)22)20-23-15-6-4-5-7-16(15)24-20/h4-12,26H,22H2,1-3H3,(H,23,24). The molecule has 4 aromatic rings. The number of nitrogens with one attached hydrogen (secondary N) is 1. The summed E-state index contributed by atoms with van der Waals surface area (Å²) in [7, 11) is 0. The molecule has 0 spiro atoms. The van der Waals surface area contributed by atoms with E-state index >= 15 is 0 Å². The first kappa shape index (κ1) is 16.3. The molecule has 0 atom stereocenters. The van der Waals surface area contributed by atoms with E-state index in [9.17, 15) is 5.11 Å². The number of rotatable bonds is 2. The molecule has 5 heteroatoms. The summed E-state index contributed by atoms with van der Waals surface area (Å²) in [5.74, 6) is 1.11. The van der Waals surface area contributed by atoms with E-state index in [4.69, 9.17) is 5.73 Å². The van der Waals surface area contributed by atoms with Gasteiger partial charge in [-0.2, -0.15) is 0 Å². The topological polar surface area (TPSA) is 79.9 Å². The summed E-state index contributed by atoms with van der Waals surface area (Å²) in [6.07, 6.45) is 1.63. The predicted octanol–water partition coefficient (Wildman–Crippen LogP) is 4.61. The number of aromatic hydroxyl groups is 1. The Labute approximate surface area is 152 Å². The van der Waals surface area contributed by atoms with Crippen LogP contribution in [0.5, 0.6) is 5.75 Å². The summed E-state index contributed by atoms with van der Waals surface area (Å²) < 4.78 is 1.78. The fraction of sp³-hybridized carbons (Fsp3) is 0.190. The van der Waals surface area contributed by atoms with Crippen molar-refractivity contribution in [2.45, 2.75) is 26.2 Å². The van der Waals surface area contributed by atoms with Gasteiger partial charge in [-0.1, -0.05) is 45.0 Å². The van der Waals surface area contributed by atoms with Crippen LogP contribution < -0.4 is 5.73 Å². The monoisotopic (exact) mass is 346 g/mol. The van der Waals surface area contributed by atoms with Gasteiger partial charge < -0.3 is 15.8 Å². The van der Waals surface area contributed by atoms with E-state index in [0.29, 0.717) is 17.2 Å². The van der Waals surface area contributed by atoms with Crippen LogP contribution in [0.2, 0.25) is 0 Å². The van der Waals surface area contributed by atoms with Crippen molar-refractivity contribution in [3.63, 3.8) is 0 Å². The Hall–Kier alpha value is -3.21. The average Bonchev–Trinajstić information content (AvgIpc) is 3.14. The zero-order valence-electron chi connectivity index (χ0n) is 15.1. The summed E-state index contributed by atoms with van der Waals surface area (Å²) in [6, 6.07) is 15.9. The number of benzene rings is 2. The van der Waals surface area contributed by atoms with Crippen LogP contribution >= 0.6 is 0 Å². The molecule has 0 fully saturated rings. The highest BCUT2D eigenvalue weighted by Crippen LogP contribution is 2.37. The first-order valence-corrected chi connectivity index (χ1v) is 8.60. The minimum absolute atomic E-state index is 0.0857. The van der Waals surface area contributed by atoms with E-state index in [0.717, 1.165) is 16.7 Å². The van der Waals surface area contributed by atoms with Gasteiger partial charge in [-0.15, -0.1) is 0 Å². The molecule has 4 N–H and O–H groups in total. The second-order valence-electron chi connectivity index (χ2n) is 7.54. The highest BCUT2D eigenvalue weighted by Gasteiger charge is 2.20. The molecule has 0 amide bonds. The largest absolute Gasteiger partial charge is 0.505 e. The highest BCUT2D eigenvalue weighted by molar-refractivity contribution is 5.85. The van der Waals surface area contributed by atoms with Crippen molar-refractivity contribution in [1.29, 1.82) is 0 Å². The van der Waals surface area contributed by atoms with Gasteiger partial charge in [-0.05, 0) is 35.2 Å². The predicted molar refractivity (Wildman–Crippen MR) is 106 cm³/mol. The summed E-state index contributed by atoms with van der Waals surface area (Å²) in [6.45, 7) is 6.53. The molecule has 0 saturated carbocycles. The van der Waals surface area contributed by atoms with Crippen molar-refractivity contribution in [3.8, 4) is 22.8 Å². The van der Waals surface area contributed by atoms with Crippen molar-refractivity contribution in [2.75, 3.05) is 5.73 Å². The maximum atomic E-state index is 10.5. The van der Waals surface area contributed by atoms with Gasteiger partial charge >= 0.3 is 0 Å². The van der Waals surface area contributed by atoms with Gasteiger partial charge in [0.1, 0.15) is 23.0 Å². The van der Waals surface area contributed by atoms with Crippen molar-refractivity contribution in [3.05, 3.63) is 60.3 Å². The van der Waals surface area contributed by atoms with E-state index < -0.39 is 0 Å². The number of nitrogens with two attached hydrogens (primary N) is 1. The van der Waals surface area contributed by atoms with E-state index in [2.05, 4.69) is 42.9 Å². The molecule has 0 aliphatic rings. The minimum Gasteiger partial charge on any atom is -0.505 e. The lowest BCUT2D eigenvalue weighted by molar-refractivity contribution is 0.477. The van der Waals surface area contributed by atoms with Gasteiger partial charge in [-0.25, -0.2) is 4.98 Å². The molecular weight excluding hydrogens is 324 g/mol. The van der Waals surface area contributed by atoms with Crippen LogP contribution in [0, 0.1) is 0 Å². The van der Waals surface area contributed by atoms with Crippen LogP contribution in [-0.2, 0) is 5.41 Å². The third-order valence-electron chi connectivity index (χ3n) is 4.66. The second kappa shape index (κ2) is 5.66. The Bertz CT molecular complexity index is 1050. The summed E-state index contributed by atoms with van der Waals surface area (Å²) in [4.78, 5) is 7.77. The first-order chi connectivity index (χ1) is 12.3. The lowest BCUT2D eigenvalue weighted by Crippen LogP contribution is -2.11. The van der Waals surface area contributed by atoms with Crippen molar-refractivity contribution in [2.24, 2.45) is 0 Å². The summed E-state index contributed by atoms with van der Waals surface area (Å²) in [5, 5.41) is 10.5. The Kier molecular flexibility index (Phi) is 3.54. The minimum atomic E-state index is 0.0857. The third-order valence-corrected chi connectivity index (χ3v) is 4.66. The molecule has 0 saturated heterocycles. The molecule has 4 rings (SSSR count). The number of imidazole rings is 1. The number of aromatic nitrogens is 3. The first-order valence-electron chi connectivity index (χ1n) is 8.60. The lowest BCUT2D eigenvalue weighted by Gasteiger charge is -2.19. The number of H-pyrrole nitrogens is 1. The Morgan fingerprint density at radius 3 is 2.38 bits per heavy atom. The van der Waals surface area contributed by atoms with E-state index in [1.807, 2.05) is 36.4 Å². The zero-order valence-corrected chi connectivity index (χ0v) is 15.1. The number of para-hydroxylation sites is 2.